The van der Waals surface area contributed by atoms with E-state index < -0.39 is 0 Å². The zero-order chi connectivity index (χ0) is 13.0. The van der Waals surface area contributed by atoms with Gasteiger partial charge in [0.25, 0.3) is 0 Å². The normalized spacial score (nSPS) is 27.1. The SMILES string of the molecule is CC(CC(=O)N1CCOCC1)C1CCCCC1=O. The topological polar surface area (TPSA) is 46.6 Å². The molecule has 0 N–H and O–H groups in total. The van der Waals surface area contributed by atoms with Crippen molar-refractivity contribution in [1.82, 2.24) is 4.90 Å². The Morgan fingerprint density at radius 3 is 2.78 bits per heavy atom. The number of carbonyl (C=O) groups is 2. The van der Waals surface area contributed by atoms with Crippen LogP contribution in [0, 0.1) is 11.8 Å². The summed E-state index contributed by atoms with van der Waals surface area (Å²) < 4.78 is 5.24. The van der Waals surface area contributed by atoms with E-state index >= 15 is 0 Å². The summed E-state index contributed by atoms with van der Waals surface area (Å²) in [6.07, 6.45) is 4.35. The molecule has 0 aromatic carbocycles. The third-order valence-corrected chi connectivity index (χ3v) is 4.15. The Hall–Kier alpha value is -0.900. The van der Waals surface area contributed by atoms with Crippen LogP contribution in [0.25, 0.3) is 0 Å². The van der Waals surface area contributed by atoms with Crippen LogP contribution in [0.4, 0.5) is 0 Å². The largest absolute Gasteiger partial charge is 0.378 e. The van der Waals surface area contributed by atoms with Crippen LogP contribution in [0.1, 0.15) is 39.0 Å². The van der Waals surface area contributed by atoms with Crippen molar-refractivity contribution in [2.75, 3.05) is 26.3 Å². The van der Waals surface area contributed by atoms with Crippen LogP contribution in [0.5, 0.6) is 0 Å². The van der Waals surface area contributed by atoms with Gasteiger partial charge in [0, 0.05) is 31.8 Å². The highest BCUT2D eigenvalue weighted by molar-refractivity contribution is 5.83. The van der Waals surface area contributed by atoms with Gasteiger partial charge in [0.05, 0.1) is 13.2 Å². The Kier molecular flexibility index (Phi) is 4.75. The molecule has 2 atom stereocenters. The fraction of sp³-hybridized carbons (Fsp3) is 0.857. The van der Waals surface area contributed by atoms with Gasteiger partial charge in [-0.3, -0.25) is 9.59 Å². The molecular weight excluding hydrogens is 230 g/mol. The predicted molar refractivity (Wildman–Crippen MR) is 68.1 cm³/mol. The minimum Gasteiger partial charge on any atom is -0.378 e. The van der Waals surface area contributed by atoms with Crippen molar-refractivity contribution >= 4 is 11.7 Å². The number of morpholine rings is 1. The smallest absolute Gasteiger partial charge is 0.223 e. The summed E-state index contributed by atoms with van der Waals surface area (Å²) in [6, 6.07) is 0. The molecule has 0 spiro atoms. The number of hydrogen-bond donors (Lipinski definition) is 0. The lowest BCUT2D eigenvalue weighted by atomic mass is 9.78. The highest BCUT2D eigenvalue weighted by Gasteiger charge is 2.30. The Morgan fingerprint density at radius 2 is 2.11 bits per heavy atom. The van der Waals surface area contributed by atoms with Gasteiger partial charge in [-0.1, -0.05) is 13.3 Å². The predicted octanol–water partition coefficient (Wildman–Crippen LogP) is 1.63. The molecular formula is C14H23NO3. The number of amides is 1. The average Bonchev–Trinajstić information content (AvgIpc) is 2.40. The second-order valence-corrected chi connectivity index (χ2v) is 5.49. The van der Waals surface area contributed by atoms with Crippen LogP contribution < -0.4 is 0 Å². The van der Waals surface area contributed by atoms with Gasteiger partial charge in [-0.25, -0.2) is 0 Å². The quantitative estimate of drug-likeness (QED) is 0.768. The molecule has 1 aliphatic heterocycles. The van der Waals surface area contributed by atoms with E-state index in [1.807, 2.05) is 11.8 Å². The second-order valence-electron chi connectivity index (χ2n) is 5.49. The highest BCUT2D eigenvalue weighted by atomic mass is 16.5. The zero-order valence-corrected chi connectivity index (χ0v) is 11.2. The number of rotatable bonds is 3. The third-order valence-electron chi connectivity index (χ3n) is 4.15. The number of ether oxygens (including phenoxy) is 1. The van der Waals surface area contributed by atoms with Gasteiger partial charge >= 0.3 is 0 Å². The number of ketones is 1. The van der Waals surface area contributed by atoms with Gasteiger partial charge in [-0.05, 0) is 18.8 Å². The third kappa shape index (κ3) is 3.31. The minimum atomic E-state index is 0.115. The van der Waals surface area contributed by atoms with Crippen molar-refractivity contribution < 1.29 is 14.3 Å². The monoisotopic (exact) mass is 253 g/mol. The lowest BCUT2D eigenvalue weighted by Crippen LogP contribution is -2.42. The fourth-order valence-corrected chi connectivity index (χ4v) is 2.97. The van der Waals surface area contributed by atoms with Crippen LogP contribution in [0.15, 0.2) is 0 Å². The first-order valence-corrected chi connectivity index (χ1v) is 7.06. The first kappa shape index (κ1) is 13.5. The van der Waals surface area contributed by atoms with Gasteiger partial charge in [-0.2, -0.15) is 0 Å². The summed E-state index contributed by atoms with van der Waals surface area (Å²) in [5.74, 6) is 0.851. The second kappa shape index (κ2) is 6.32. The summed E-state index contributed by atoms with van der Waals surface area (Å²) in [5, 5.41) is 0. The Bertz CT molecular complexity index is 310. The molecule has 4 heteroatoms. The van der Waals surface area contributed by atoms with Crippen molar-refractivity contribution in [2.24, 2.45) is 11.8 Å². The first-order chi connectivity index (χ1) is 8.68. The zero-order valence-electron chi connectivity index (χ0n) is 11.2. The summed E-state index contributed by atoms with van der Waals surface area (Å²) in [7, 11) is 0. The van der Waals surface area contributed by atoms with Gasteiger partial charge in [0.15, 0.2) is 0 Å². The number of hydrogen-bond acceptors (Lipinski definition) is 3. The Balaban J connectivity index is 1.83. The molecule has 102 valence electrons. The molecule has 4 nitrogen and oxygen atoms in total. The van der Waals surface area contributed by atoms with Crippen molar-refractivity contribution in [1.29, 1.82) is 0 Å². The molecule has 0 aromatic rings. The van der Waals surface area contributed by atoms with E-state index in [0.29, 0.717) is 44.9 Å². The maximum absolute atomic E-state index is 12.1. The molecule has 1 saturated heterocycles. The van der Waals surface area contributed by atoms with Crippen molar-refractivity contribution in [2.45, 2.75) is 39.0 Å². The lowest BCUT2D eigenvalue weighted by molar-refractivity contribution is -0.137. The molecule has 0 bridgehead atoms. The summed E-state index contributed by atoms with van der Waals surface area (Å²) in [5.41, 5.74) is 0. The Labute approximate surface area is 109 Å². The molecule has 0 radical (unpaired) electrons. The lowest BCUT2D eigenvalue weighted by Gasteiger charge is -2.30. The molecule has 2 fully saturated rings. The maximum Gasteiger partial charge on any atom is 0.223 e. The van der Waals surface area contributed by atoms with E-state index in [0.717, 1.165) is 19.3 Å². The molecule has 18 heavy (non-hydrogen) atoms. The fourth-order valence-electron chi connectivity index (χ4n) is 2.97. The minimum absolute atomic E-state index is 0.115. The number of carbonyl (C=O) groups excluding carboxylic acids is 2. The van der Waals surface area contributed by atoms with Crippen LogP contribution in [-0.4, -0.2) is 42.9 Å². The van der Waals surface area contributed by atoms with Crippen LogP contribution in [-0.2, 0) is 14.3 Å². The number of Topliss-reactive ketones (excluding diaryl/α,β-unsaturated/α-hetero) is 1. The average molecular weight is 253 g/mol. The summed E-state index contributed by atoms with van der Waals surface area (Å²) in [6.45, 7) is 4.73. The van der Waals surface area contributed by atoms with E-state index in [1.165, 1.54) is 0 Å². The molecule has 1 saturated carbocycles. The molecule has 2 aliphatic rings. The van der Waals surface area contributed by atoms with E-state index in [2.05, 4.69) is 0 Å². The summed E-state index contributed by atoms with van der Waals surface area (Å²) >= 11 is 0. The van der Waals surface area contributed by atoms with Crippen LogP contribution in [0.3, 0.4) is 0 Å². The molecule has 2 rings (SSSR count). The Morgan fingerprint density at radius 1 is 1.39 bits per heavy atom. The molecule has 1 heterocycles. The van der Waals surface area contributed by atoms with E-state index in [1.54, 1.807) is 0 Å². The van der Waals surface area contributed by atoms with E-state index in [9.17, 15) is 9.59 Å². The van der Waals surface area contributed by atoms with E-state index in [-0.39, 0.29) is 17.7 Å². The van der Waals surface area contributed by atoms with Crippen molar-refractivity contribution in [3.63, 3.8) is 0 Å². The van der Waals surface area contributed by atoms with Gasteiger partial charge < -0.3 is 9.64 Å². The molecule has 1 aliphatic carbocycles. The highest BCUT2D eigenvalue weighted by Crippen LogP contribution is 2.29. The number of nitrogens with zero attached hydrogens (tertiary/aromatic N) is 1. The van der Waals surface area contributed by atoms with E-state index in [4.69, 9.17) is 4.74 Å². The first-order valence-electron chi connectivity index (χ1n) is 7.06. The standard InChI is InChI=1S/C14H23NO3/c1-11(12-4-2-3-5-13(12)16)10-14(17)15-6-8-18-9-7-15/h11-12H,2-10H2,1H3. The van der Waals surface area contributed by atoms with Crippen molar-refractivity contribution in [3.05, 3.63) is 0 Å². The van der Waals surface area contributed by atoms with Gasteiger partial charge in [0.2, 0.25) is 5.91 Å². The van der Waals surface area contributed by atoms with Crippen molar-refractivity contribution in [3.8, 4) is 0 Å². The molecule has 1 amide bonds. The van der Waals surface area contributed by atoms with Gasteiger partial charge in [-0.15, -0.1) is 0 Å². The van der Waals surface area contributed by atoms with Gasteiger partial charge in [0.1, 0.15) is 5.78 Å². The van der Waals surface area contributed by atoms with Crippen LogP contribution in [0.2, 0.25) is 0 Å². The van der Waals surface area contributed by atoms with Crippen LogP contribution >= 0.6 is 0 Å². The maximum atomic E-state index is 12.1. The molecule has 0 aromatic heterocycles. The molecule has 2 unspecified atom stereocenters. The summed E-state index contributed by atoms with van der Waals surface area (Å²) in [4.78, 5) is 25.8.